The second kappa shape index (κ2) is 7.79. The number of hydrogen-bond donors (Lipinski definition) is 1. The lowest BCUT2D eigenvalue weighted by molar-refractivity contribution is -0.153. The van der Waals surface area contributed by atoms with Crippen molar-refractivity contribution in [1.29, 1.82) is 0 Å². The minimum absolute atomic E-state index is 0.249. The van der Waals surface area contributed by atoms with Gasteiger partial charge in [0.2, 0.25) is 0 Å². The molecule has 0 heterocycles. The molecule has 0 aromatic heterocycles. The largest absolute Gasteiger partial charge is 0.459 e. The molecular formula is C16H30O4. The first-order valence-electron chi connectivity index (χ1n) is 7.28. The normalized spacial score (nSPS) is 13.9. The van der Waals surface area contributed by atoms with Crippen molar-refractivity contribution in [3.63, 3.8) is 0 Å². The van der Waals surface area contributed by atoms with E-state index in [1.807, 2.05) is 20.8 Å². The minimum atomic E-state index is -0.868. The Morgan fingerprint density at radius 3 is 2.15 bits per heavy atom. The highest BCUT2D eigenvalue weighted by atomic mass is 16.5. The van der Waals surface area contributed by atoms with Crippen LogP contribution >= 0.6 is 0 Å². The number of rotatable bonds is 9. The summed E-state index contributed by atoms with van der Waals surface area (Å²) in [6, 6.07) is 0. The average Bonchev–Trinajstić information content (AvgIpc) is 2.33. The summed E-state index contributed by atoms with van der Waals surface area (Å²) in [6.07, 6.45) is 1.96. The SMILES string of the molecule is C=C(C)C(=O)OC(C)CC(CC)(CC)OCC(C)(C)O. The number of hydrogen-bond acceptors (Lipinski definition) is 4. The van der Waals surface area contributed by atoms with Crippen molar-refractivity contribution in [3.05, 3.63) is 12.2 Å². The quantitative estimate of drug-likeness (QED) is 0.522. The van der Waals surface area contributed by atoms with E-state index in [0.717, 1.165) is 12.8 Å². The molecule has 0 aromatic rings. The number of esters is 1. The van der Waals surface area contributed by atoms with Gasteiger partial charge in [0.15, 0.2) is 0 Å². The van der Waals surface area contributed by atoms with Gasteiger partial charge in [-0.2, -0.15) is 0 Å². The van der Waals surface area contributed by atoms with Crippen LogP contribution in [0, 0.1) is 0 Å². The zero-order valence-corrected chi connectivity index (χ0v) is 13.8. The Labute approximate surface area is 123 Å². The highest BCUT2D eigenvalue weighted by Crippen LogP contribution is 2.28. The first-order valence-corrected chi connectivity index (χ1v) is 7.28. The fourth-order valence-electron chi connectivity index (χ4n) is 1.98. The van der Waals surface area contributed by atoms with Gasteiger partial charge in [-0.05, 0) is 40.5 Å². The van der Waals surface area contributed by atoms with Gasteiger partial charge in [-0.25, -0.2) is 4.79 Å². The van der Waals surface area contributed by atoms with Crippen LogP contribution in [0.3, 0.4) is 0 Å². The molecule has 1 atom stereocenters. The molecular weight excluding hydrogens is 256 g/mol. The molecule has 0 bridgehead atoms. The molecule has 0 aliphatic rings. The van der Waals surface area contributed by atoms with Crippen molar-refractivity contribution in [2.45, 2.75) is 78.1 Å². The van der Waals surface area contributed by atoms with E-state index in [0.29, 0.717) is 12.0 Å². The lowest BCUT2D eigenvalue weighted by Gasteiger charge is -2.36. The van der Waals surface area contributed by atoms with Crippen LogP contribution in [0.4, 0.5) is 0 Å². The van der Waals surface area contributed by atoms with Crippen LogP contribution in [0.1, 0.15) is 60.8 Å². The highest BCUT2D eigenvalue weighted by molar-refractivity contribution is 5.87. The molecule has 0 radical (unpaired) electrons. The van der Waals surface area contributed by atoms with E-state index < -0.39 is 5.60 Å². The maximum atomic E-state index is 11.5. The molecule has 1 N–H and O–H groups in total. The van der Waals surface area contributed by atoms with Gasteiger partial charge in [-0.3, -0.25) is 0 Å². The van der Waals surface area contributed by atoms with Gasteiger partial charge in [-0.1, -0.05) is 20.4 Å². The Hall–Kier alpha value is -0.870. The Bertz CT molecular complexity index is 324. The van der Waals surface area contributed by atoms with Gasteiger partial charge in [-0.15, -0.1) is 0 Å². The molecule has 0 aliphatic heterocycles. The molecule has 0 aromatic carbocycles. The minimum Gasteiger partial charge on any atom is -0.459 e. The Morgan fingerprint density at radius 2 is 1.80 bits per heavy atom. The molecule has 0 saturated carbocycles. The van der Waals surface area contributed by atoms with E-state index in [1.54, 1.807) is 20.8 Å². The molecule has 4 nitrogen and oxygen atoms in total. The highest BCUT2D eigenvalue weighted by Gasteiger charge is 2.32. The van der Waals surface area contributed by atoms with Crippen molar-refractivity contribution in [2.24, 2.45) is 0 Å². The topological polar surface area (TPSA) is 55.8 Å². The summed E-state index contributed by atoms with van der Waals surface area (Å²) in [5.74, 6) is -0.374. The van der Waals surface area contributed by atoms with Crippen molar-refractivity contribution in [3.8, 4) is 0 Å². The number of aliphatic hydroxyl groups is 1. The molecule has 0 amide bonds. The summed E-state index contributed by atoms with van der Waals surface area (Å²) >= 11 is 0. The van der Waals surface area contributed by atoms with Crippen LogP contribution in [0.5, 0.6) is 0 Å². The molecule has 0 saturated heterocycles. The predicted molar refractivity (Wildman–Crippen MR) is 80.5 cm³/mol. The Kier molecular flexibility index (Phi) is 7.45. The average molecular weight is 286 g/mol. The van der Waals surface area contributed by atoms with E-state index in [4.69, 9.17) is 9.47 Å². The van der Waals surface area contributed by atoms with Crippen LogP contribution in [0.2, 0.25) is 0 Å². The van der Waals surface area contributed by atoms with E-state index in [9.17, 15) is 9.90 Å². The zero-order chi connectivity index (χ0) is 16.0. The van der Waals surface area contributed by atoms with E-state index in [2.05, 4.69) is 6.58 Å². The molecule has 4 heteroatoms. The lowest BCUT2D eigenvalue weighted by Crippen LogP contribution is -2.40. The summed E-state index contributed by atoms with van der Waals surface area (Å²) in [5.41, 5.74) is -0.852. The summed E-state index contributed by atoms with van der Waals surface area (Å²) in [6.45, 7) is 14.8. The molecule has 0 spiro atoms. The predicted octanol–water partition coefficient (Wildman–Crippen LogP) is 3.23. The van der Waals surface area contributed by atoms with Gasteiger partial charge >= 0.3 is 5.97 Å². The first kappa shape index (κ1) is 19.1. The summed E-state index contributed by atoms with van der Waals surface area (Å²) in [5, 5.41) is 9.80. The molecule has 0 aliphatic carbocycles. The monoisotopic (exact) mass is 286 g/mol. The molecule has 118 valence electrons. The summed E-state index contributed by atoms with van der Waals surface area (Å²) < 4.78 is 11.3. The Balaban J connectivity index is 4.66. The standard InChI is InChI=1S/C16H30O4/c1-8-16(9-2,19-11-15(6,7)18)10-13(5)20-14(17)12(3)4/h13,18H,3,8-11H2,1-2,4-7H3. The van der Waals surface area contributed by atoms with Crippen molar-refractivity contribution >= 4 is 5.97 Å². The van der Waals surface area contributed by atoms with E-state index in [1.165, 1.54) is 0 Å². The van der Waals surface area contributed by atoms with Crippen LogP contribution in [0.25, 0.3) is 0 Å². The van der Waals surface area contributed by atoms with Gasteiger partial charge in [0.1, 0.15) is 6.10 Å². The first-order chi connectivity index (χ1) is 9.05. The van der Waals surface area contributed by atoms with Crippen LogP contribution in [0.15, 0.2) is 12.2 Å². The van der Waals surface area contributed by atoms with Gasteiger partial charge < -0.3 is 14.6 Å². The van der Waals surface area contributed by atoms with Crippen LogP contribution in [-0.4, -0.2) is 35.0 Å². The van der Waals surface area contributed by atoms with E-state index >= 15 is 0 Å². The summed E-state index contributed by atoms with van der Waals surface area (Å²) in [7, 11) is 0. The van der Waals surface area contributed by atoms with Crippen molar-refractivity contribution < 1.29 is 19.4 Å². The maximum Gasteiger partial charge on any atom is 0.333 e. The smallest absolute Gasteiger partial charge is 0.333 e. The molecule has 0 rings (SSSR count). The van der Waals surface area contributed by atoms with Gasteiger partial charge in [0, 0.05) is 12.0 Å². The fourth-order valence-corrected chi connectivity index (χ4v) is 1.98. The third kappa shape index (κ3) is 7.06. The second-order valence-electron chi connectivity index (χ2n) is 6.19. The van der Waals surface area contributed by atoms with E-state index in [-0.39, 0.29) is 24.3 Å². The molecule has 1 unspecified atom stereocenters. The van der Waals surface area contributed by atoms with Crippen LogP contribution in [-0.2, 0) is 14.3 Å². The van der Waals surface area contributed by atoms with Crippen molar-refractivity contribution in [2.75, 3.05) is 6.61 Å². The second-order valence-corrected chi connectivity index (χ2v) is 6.19. The van der Waals surface area contributed by atoms with Gasteiger partial charge in [0.25, 0.3) is 0 Å². The van der Waals surface area contributed by atoms with Crippen LogP contribution < -0.4 is 0 Å². The third-order valence-corrected chi connectivity index (χ3v) is 3.34. The lowest BCUT2D eigenvalue weighted by atomic mass is 9.90. The zero-order valence-electron chi connectivity index (χ0n) is 13.8. The van der Waals surface area contributed by atoms with Gasteiger partial charge in [0.05, 0.1) is 17.8 Å². The summed E-state index contributed by atoms with van der Waals surface area (Å²) in [4.78, 5) is 11.5. The fraction of sp³-hybridized carbons (Fsp3) is 0.812. The molecule has 20 heavy (non-hydrogen) atoms. The third-order valence-electron chi connectivity index (χ3n) is 3.34. The maximum absolute atomic E-state index is 11.5. The molecule has 0 fully saturated rings. The van der Waals surface area contributed by atoms with Crippen molar-refractivity contribution in [1.82, 2.24) is 0 Å². The number of carbonyl (C=O) groups excluding carboxylic acids is 1. The number of ether oxygens (including phenoxy) is 2. The Morgan fingerprint density at radius 1 is 1.30 bits per heavy atom. The number of carbonyl (C=O) groups is 1.